The average Bonchev–Trinajstić information content (AvgIpc) is 2.63. The molecule has 1 aliphatic heterocycles. The molecule has 0 saturated carbocycles. The standard InChI is InChI=1S/C15H23N3O3/c1-11(18-10-8-6-7-9-17-18)15(16,12(2)19)13(20)21-14(3,4)5/h6-11H,16H2,1-5H3. The molecule has 0 aliphatic carbocycles. The Kier molecular flexibility index (Phi) is 5.06. The molecule has 1 rings (SSSR count). The third kappa shape index (κ3) is 4.01. The van der Waals surface area contributed by atoms with Crippen LogP contribution in [0, 0.1) is 0 Å². The molecular weight excluding hydrogens is 270 g/mol. The van der Waals surface area contributed by atoms with Crippen LogP contribution in [0.4, 0.5) is 0 Å². The molecule has 2 N–H and O–H groups in total. The van der Waals surface area contributed by atoms with E-state index in [1.165, 1.54) is 11.9 Å². The fourth-order valence-corrected chi connectivity index (χ4v) is 1.81. The van der Waals surface area contributed by atoms with Crippen molar-refractivity contribution in [2.45, 2.75) is 51.8 Å². The number of hydrogen-bond donors (Lipinski definition) is 1. The number of hydrogen-bond acceptors (Lipinski definition) is 6. The van der Waals surface area contributed by atoms with Gasteiger partial charge >= 0.3 is 5.97 Å². The monoisotopic (exact) mass is 293 g/mol. The van der Waals surface area contributed by atoms with Crippen molar-refractivity contribution in [3.05, 3.63) is 24.4 Å². The molecule has 0 aromatic rings. The molecule has 2 atom stereocenters. The van der Waals surface area contributed by atoms with Gasteiger partial charge in [-0.15, -0.1) is 0 Å². The van der Waals surface area contributed by atoms with Gasteiger partial charge in [-0.2, -0.15) is 5.10 Å². The summed E-state index contributed by atoms with van der Waals surface area (Å²) in [6.45, 7) is 8.13. The van der Waals surface area contributed by atoms with Gasteiger partial charge in [-0.3, -0.25) is 9.80 Å². The van der Waals surface area contributed by atoms with E-state index in [1.807, 2.05) is 0 Å². The maximum atomic E-state index is 12.4. The highest BCUT2D eigenvalue weighted by atomic mass is 16.6. The molecule has 0 amide bonds. The lowest BCUT2D eigenvalue weighted by atomic mass is 9.87. The molecule has 0 bridgehead atoms. The summed E-state index contributed by atoms with van der Waals surface area (Å²) in [6.07, 6.45) is 8.49. The molecule has 0 aromatic heterocycles. The van der Waals surface area contributed by atoms with Gasteiger partial charge in [-0.05, 0) is 46.8 Å². The largest absolute Gasteiger partial charge is 0.458 e. The highest BCUT2D eigenvalue weighted by Gasteiger charge is 2.49. The van der Waals surface area contributed by atoms with Crippen LogP contribution in [0.2, 0.25) is 0 Å². The Labute approximate surface area is 125 Å². The molecule has 0 radical (unpaired) electrons. The molecule has 0 aromatic carbocycles. The topological polar surface area (TPSA) is 85.0 Å². The van der Waals surface area contributed by atoms with Crippen molar-refractivity contribution in [3.8, 4) is 0 Å². The van der Waals surface area contributed by atoms with E-state index in [2.05, 4.69) is 5.10 Å². The van der Waals surface area contributed by atoms with Crippen molar-refractivity contribution in [2.24, 2.45) is 10.8 Å². The number of ether oxygens (including phenoxy) is 1. The second-order valence-electron chi connectivity index (χ2n) is 5.97. The minimum absolute atomic E-state index is 0.468. The minimum Gasteiger partial charge on any atom is -0.458 e. The smallest absolute Gasteiger partial charge is 0.336 e. The Morgan fingerprint density at radius 2 is 1.86 bits per heavy atom. The number of carbonyl (C=O) groups is 2. The van der Waals surface area contributed by atoms with E-state index in [4.69, 9.17) is 10.5 Å². The van der Waals surface area contributed by atoms with Gasteiger partial charge in [0, 0.05) is 12.4 Å². The molecule has 1 heterocycles. The van der Waals surface area contributed by atoms with E-state index < -0.39 is 28.9 Å². The van der Waals surface area contributed by atoms with Gasteiger partial charge < -0.3 is 10.5 Å². The summed E-state index contributed by atoms with van der Waals surface area (Å²) in [4.78, 5) is 24.4. The maximum Gasteiger partial charge on any atom is 0.336 e. The van der Waals surface area contributed by atoms with Gasteiger partial charge in [0.2, 0.25) is 0 Å². The molecule has 0 fully saturated rings. The zero-order valence-corrected chi connectivity index (χ0v) is 13.2. The first kappa shape index (κ1) is 17.1. The molecule has 116 valence electrons. The Hall–Kier alpha value is -1.95. The van der Waals surface area contributed by atoms with Crippen LogP contribution in [0.15, 0.2) is 29.5 Å². The lowest BCUT2D eigenvalue weighted by molar-refractivity contribution is -0.166. The van der Waals surface area contributed by atoms with E-state index in [0.717, 1.165) is 0 Å². The van der Waals surface area contributed by atoms with Gasteiger partial charge in [-0.25, -0.2) is 4.79 Å². The third-order valence-electron chi connectivity index (χ3n) is 3.12. The van der Waals surface area contributed by atoms with Crippen LogP contribution in [0.1, 0.15) is 34.6 Å². The predicted molar refractivity (Wildman–Crippen MR) is 81.5 cm³/mol. The van der Waals surface area contributed by atoms with Crippen LogP contribution in [-0.4, -0.2) is 40.2 Å². The number of ketones is 1. The van der Waals surface area contributed by atoms with Gasteiger partial charge in [-0.1, -0.05) is 6.08 Å². The highest BCUT2D eigenvalue weighted by Crippen LogP contribution is 2.22. The fourth-order valence-electron chi connectivity index (χ4n) is 1.81. The summed E-state index contributed by atoms with van der Waals surface area (Å²) < 4.78 is 5.30. The first-order valence-electron chi connectivity index (χ1n) is 6.78. The van der Waals surface area contributed by atoms with Crippen molar-refractivity contribution in [3.63, 3.8) is 0 Å². The first-order valence-corrected chi connectivity index (χ1v) is 6.78. The number of carbonyl (C=O) groups excluding carboxylic acids is 2. The Morgan fingerprint density at radius 3 is 2.38 bits per heavy atom. The van der Waals surface area contributed by atoms with Crippen LogP contribution >= 0.6 is 0 Å². The van der Waals surface area contributed by atoms with Crippen LogP contribution in [0.3, 0.4) is 0 Å². The fraction of sp³-hybridized carbons (Fsp3) is 0.533. The van der Waals surface area contributed by atoms with E-state index in [1.54, 1.807) is 58.3 Å². The third-order valence-corrected chi connectivity index (χ3v) is 3.12. The molecule has 1 aliphatic rings. The van der Waals surface area contributed by atoms with Crippen LogP contribution in [0.5, 0.6) is 0 Å². The second-order valence-corrected chi connectivity index (χ2v) is 5.97. The maximum absolute atomic E-state index is 12.4. The summed E-state index contributed by atoms with van der Waals surface area (Å²) >= 11 is 0. The van der Waals surface area contributed by atoms with Crippen molar-refractivity contribution in [1.29, 1.82) is 0 Å². The highest BCUT2D eigenvalue weighted by molar-refractivity contribution is 6.08. The summed E-state index contributed by atoms with van der Waals surface area (Å²) in [5.41, 5.74) is 3.60. The van der Waals surface area contributed by atoms with Crippen molar-refractivity contribution in [1.82, 2.24) is 5.01 Å². The number of Topliss-reactive ketones (excluding diaryl/α,β-unsaturated/α-hetero) is 1. The van der Waals surface area contributed by atoms with Crippen molar-refractivity contribution in [2.75, 3.05) is 0 Å². The molecule has 6 heteroatoms. The summed E-state index contributed by atoms with van der Waals surface area (Å²) in [5.74, 6) is -1.22. The average molecular weight is 293 g/mol. The van der Waals surface area contributed by atoms with Crippen LogP contribution in [0.25, 0.3) is 0 Å². The SMILES string of the molecule is CC(=O)C(N)(C(=O)OC(C)(C)C)C(C)N1C=CC=CC=N1. The summed E-state index contributed by atoms with van der Waals surface area (Å²) in [6, 6.07) is -0.683. The van der Waals surface area contributed by atoms with E-state index in [9.17, 15) is 9.59 Å². The molecule has 0 saturated heterocycles. The molecule has 6 nitrogen and oxygen atoms in total. The lowest BCUT2D eigenvalue weighted by Crippen LogP contribution is -2.66. The van der Waals surface area contributed by atoms with Gasteiger partial charge in [0.05, 0.1) is 6.04 Å². The minimum atomic E-state index is -1.79. The van der Waals surface area contributed by atoms with E-state index >= 15 is 0 Å². The quantitative estimate of drug-likeness (QED) is 0.625. The zero-order chi connectivity index (χ0) is 16.3. The molecule has 2 unspecified atom stereocenters. The lowest BCUT2D eigenvalue weighted by Gasteiger charge is -2.37. The molecular formula is C15H23N3O3. The van der Waals surface area contributed by atoms with Gasteiger partial charge in [0.25, 0.3) is 0 Å². The van der Waals surface area contributed by atoms with Gasteiger partial charge in [0.15, 0.2) is 11.3 Å². The number of nitrogens with zero attached hydrogens (tertiary/aromatic N) is 2. The summed E-state index contributed by atoms with van der Waals surface area (Å²) in [5, 5.41) is 5.62. The second kappa shape index (κ2) is 6.22. The van der Waals surface area contributed by atoms with Crippen LogP contribution < -0.4 is 5.73 Å². The number of esters is 1. The zero-order valence-electron chi connectivity index (χ0n) is 13.2. The first-order chi connectivity index (χ1) is 9.59. The Balaban J connectivity index is 3.09. The summed E-state index contributed by atoms with van der Waals surface area (Å²) in [7, 11) is 0. The Morgan fingerprint density at radius 1 is 1.24 bits per heavy atom. The molecule has 21 heavy (non-hydrogen) atoms. The van der Waals surface area contributed by atoms with Crippen molar-refractivity contribution < 1.29 is 14.3 Å². The van der Waals surface area contributed by atoms with Crippen LogP contribution in [-0.2, 0) is 14.3 Å². The Bertz CT molecular complexity index is 487. The normalized spacial score (nSPS) is 18.9. The number of nitrogens with two attached hydrogens (primary N) is 1. The van der Waals surface area contributed by atoms with Gasteiger partial charge in [0.1, 0.15) is 5.60 Å². The van der Waals surface area contributed by atoms with E-state index in [-0.39, 0.29) is 0 Å². The number of hydrazone groups is 1. The predicted octanol–water partition coefficient (Wildman–Crippen LogP) is 1.37. The molecule has 0 spiro atoms. The number of rotatable bonds is 4. The van der Waals surface area contributed by atoms with E-state index in [0.29, 0.717) is 0 Å². The number of allylic oxidation sites excluding steroid dienone is 3. The van der Waals surface area contributed by atoms with Crippen molar-refractivity contribution >= 4 is 18.0 Å².